The van der Waals surface area contributed by atoms with E-state index in [0.29, 0.717) is 0 Å². The second-order valence-electron chi connectivity index (χ2n) is 3.68. The predicted molar refractivity (Wildman–Crippen MR) is 53.4 cm³/mol. The van der Waals surface area contributed by atoms with Crippen molar-refractivity contribution < 1.29 is 0 Å². The van der Waals surface area contributed by atoms with Gasteiger partial charge in [0.05, 0.1) is 0 Å². The summed E-state index contributed by atoms with van der Waals surface area (Å²) in [5.74, 6) is 0. The second-order valence-corrected chi connectivity index (χ2v) is 3.68. The molecule has 1 aliphatic heterocycles. The van der Waals surface area contributed by atoms with Crippen LogP contribution in [0.1, 0.15) is 19.8 Å². The number of hydrogen-bond donors (Lipinski definition) is 1. The van der Waals surface area contributed by atoms with Gasteiger partial charge in [-0.1, -0.05) is 12.2 Å². The van der Waals surface area contributed by atoms with Gasteiger partial charge in [-0.3, -0.25) is 0 Å². The summed E-state index contributed by atoms with van der Waals surface area (Å²) >= 11 is 0. The SMILES string of the molecule is C=C(C)CNCCN1CCCC1. The van der Waals surface area contributed by atoms with Crippen LogP contribution in [0, 0.1) is 0 Å². The van der Waals surface area contributed by atoms with Crippen LogP contribution >= 0.6 is 0 Å². The number of hydrogen-bond acceptors (Lipinski definition) is 2. The zero-order chi connectivity index (χ0) is 8.81. The fourth-order valence-electron chi connectivity index (χ4n) is 1.55. The molecule has 0 amide bonds. The molecule has 0 unspecified atom stereocenters. The summed E-state index contributed by atoms with van der Waals surface area (Å²) in [7, 11) is 0. The summed E-state index contributed by atoms with van der Waals surface area (Å²) in [5.41, 5.74) is 1.22. The van der Waals surface area contributed by atoms with Crippen molar-refractivity contribution in [3.8, 4) is 0 Å². The Morgan fingerprint density at radius 3 is 2.67 bits per heavy atom. The van der Waals surface area contributed by atoms with Gasteiger partial charge in [0.1, 0.15) is 0 Å². The van der Waals surface area contributed by atoms with E-state index in [-0.39, 0.29) is 0 Å². The summed E-state index contributed by atoms with van der Waals surface area (Å²) in [6.07, 6.45) is 2.78. The van der Waals surface area contributed by atoms with E-state index in [1.165, 1.54) is 38.0 Å². The molecule has 1 N–H and O–H groups in total. The van der Waals surface area contributed by atoms with E-state index in [2.05, 4.69) is 23.7 Å². The first-order chi connectivity index (χ1) is 5.79. The minimum absolute atomic E-state index is 0.966. The molecule has 0 radical (unpaired) electrons. The Bertz CT molecular complexity index is 137. The van der Waals surface area contributed by atoms with Crippen LogP contribution < -0.4 is 5.32 Å². The van der Waals surface area contributed by atoms with Crippen LogP contribution in [-0.2, 0) is 0 Å². The monoisotopic (exact) mass is 168 g/mol. The van der Waals surface area contributed by atoms with Crippen LogP contribution in [0.2, 0.25) is 0 Å². The highest BCUT2D eigenvalue weighted by atomic mass is 15.1. The van der Waals surface area contributed by atoms with Crippen LogP contribution in [0.3, 0.4) is 0 Å². The van der Waals surface area contributed by atoms with Crippen LogP contribution in [0.15, 0.2) is 12.2 Å². The van der Waals surface area contributed by atoms with Gasteiger partial charge >= 0.3 is 0 Å². The zero-order valence-electron chi connectivity index (χ0n) is 8.10. The second kappa shape index (κ2) is 5.33. The van der Waals surface area contributed by atoms with E-state index < -0.39 is 0 Å². The first-order valence-corrected chi connectivity index (χ1v) is 4.86. The molecule has 1 saturated heterocycles. The average molecular weight is 168 g/mol. The van der Waals surface area contributed by atoms with Crippen molar-refractivity contribution in [3.05, 3.63) is 12.2 Å². The van der Waals surface area contributed by atoms with Gasteiger partial charge in [0, 0.05) is 19.6 Å². The van der Waals surface area contributed by atoms with Crippen molar-refractivity contribution in [1.82, 2.24) is 10.2 Å². The Hall–Kier alpha value is -0.340. The summed E-state index contributed by atoms with van der Waals surface area (Å²) in [6.45, 7) is 11.8. The molecule has 0 aromatic carbocycles. The maximum absolute atomic E-state index is 3.85. The molecule has 0 saturated carbocycles. The molecule has 1 fully saturated rings. The molecule has 0 aromatic heterocycles. The fourth-order valence-corrected chi connectivity index (χ4v) is 1.55. The van der Waals surface area contributed by atoms with Crippen molar-refractivity contribution in [1.29, 1.82) is 0 Å². The first-order valence-electron chi connectivity index (χ1n) is 4.86. The Morgan fingerprint density at radius 2 is 2.08 bits per heavy atom. The molecule has 2 nitrogen and oxygen atoms in total. The van der Waals surface area contributed by atoms with Crippen molar-refractivity contribution >= 4 is 0 Å². The highest BCUT2D eigenvalue weighted by Crippen LogP contribution is 2.05. The van der Waals surface area contributed by atoms with Gasteiger partial charge in [-0.15, -0.1) is 0 Å². The maximum atomic E-state index is 3.85. The lowest BCUT2D eigenvalue weighted by molar-refractivity contribution is 0.338. The number of likely N-dealkylation sites (tertiary alicyclic amines) is 1. The van der Waals surface area contributed by atoms with E-state index in [0.717, 1.165) is 13.1 Å². The van der Waals surface area contributed by atoms with Gasteiger partial charge in [0.25, 0.3) is 0 Å². The number of rotatable bonds is 5. The average Bonchev–Trinajstić information content (AvgIpc) is 2.49. The zero-order valence-corrected chi connectivity index (χ0v) is 8.10. The van der Waals surface area contributed by atoms with Crippen LogP contribution in [-0.4, -0.2) is 37.6 Å². The lowest BCUT2D eigenvalue weighted by Gasteiger charge is -2.14. The molecular weight excluding hydrogens is 148 g/mol. The van der Waals surface area contributed by atoms with E-state index >= 15 is 0 Å². The van der Waals surface area contributed by atoms with Crippen molar-refractivity contribution in [2.24, 2.45) is 0 Å². The Morgan fingerprint density at radius 1 is 1.42 bits per heavy atom. The summed E-state index contributed by atoms with van der Waals surface area (Å²) < 4.78 is 0. The minimum Gasteiger partial charge on any atom is -0.312 e. The number of nitrogens with zero attached hydrogens (tertiary/aromatic N) is 1. The molecule has 1 rings (SSSR count). The molecule has 12 heavy (non-hydrogen) atoms. The lowest BCUT2D eigenvalue weighted by Crippen LogP contribution is -2.30. The summed E-state index contributed by atoms with van der Waals surface area (Å²) in [5, 5.41) is 3.37. The van der Waals surface area contributed by atoms with Crippen LogP contribution in [0.4, 0.5) is 0 Å². The van der Waals surface area contributed by atoms with Crippen LogP contribution in [0.5, 0.6) is 0 Å². The van der Waals surface area contributed by atoms with Gasteiger partial charge < -0.3 is 10.2 Å². The fraction of sp³-hybridized carbons (Fsp3) is 0.800. The van der Waals surface area contributed by atoms with Gasteiger partial charge in [-0.25, -0.2) is 0 Å². The van der Waals surface area contributed by atoms with Gasteiger partial charge in [0.2, 0.25) is 0 Å². The predicted octanol–water partition coefficient (Wildman–Crippen LogP) is 1.25. The van der Waals surface area contributed by atoms with Gasteiger partial charge in [-0.05, 0) is 32.9 Å². The quantitative estimate of drug-likeness (QED) is 0.491. The summed E-state index contributed by atoms with van der Waals surface area (Å²) in [6, 6.07) is 0. The molecule has 0 aromatic rings. The molecular formula is C10H20N2. The van der Waals surface area contributed by atoms with E-state index in [4.69, 9.17) is 0 Å². The maximum Gasteiger partial charge on any atom is 0.0159 e. The first kappa shape index (κ1) is 9.75. The molecule has 0 atom stereocenters. The molecule has 1 heterocycles. The molecule has 0 spiro atoms. The van der Waals surface area contributed by atoms with Gasteiger partial charge in [-0.2, -0.15) is 0 Å². The third-order valence-corrected chi connectivity index (χ3v) is 2.23. The van der Waals surface area contributed by atoms with Gasteiger partial charge in [0.15, 0.2) is 0 Å². The molecule has 1 aliphatic rings. The Kier molecular flexibility index (Phi) is 4.33. The molecule has 0 bridgehead atoms. The third-order valence-electron chi connectivity index (χ3n) is 2.23. The summed E-state index contributed by atoms with van der Waals surface area (Å²) in [4.78, 5) is 2.52. The van der Waals surface area contributed by atoms with E-state index in [1.54, 1.807) is 0 Å². The van der Waals surface area contributed by atoms with Crippen LogP contribution in [0.25, 0.3) is 0 Å². The highest BCUT2D eigenvalue weighted by Gasteiger charge is 2.09. The molecule has 70 valence electrons. The Labute approximate surface area is 75.6 Å². The highest BCUT2D eigenvalue weighted by molar-refractivity contribution is 4.90. The van der Waals surface area contributed by atoms with Crippen molar-refractivity contribution in [2.75, 3.05) is 32.7 Å². The third kappa shape index (κ3) is 3.88. The molecule has 2 heteroatoms. The largest absolute Gasteiger partial charge is 0.312 e. The lowest BCUT2D eigenvalue weighted by atomic mass is 10.3. The topological polar surface area (TPSA) is 15.3 Å². The van der Waals surface area contributed by atoms with Crippen molar-refractivity contribution in [2.45, 2.75) is 19.8 Å². The van der Waals surface area contributed by atoms with E-state index in [1.807, 2.05) is 0 Å². The number of nitrogens with one attached hydrogen (secondary N) is 1. The minimum atomic E-state index is 0.966. The standard InChI is InChI=1S/C10H20N2/c1-10(2)9-11-5-8-12-6-3-4-7-12/h11H,1,3-9H2,2H3. The Balaban J connectivity index is 1.91. The smallest absolute Gasteiger partial charge is 0.0159 e. The molecule has 0 aliphatic carbocycles. The normalized spacial score (nSPS) is 18.4. The van der Waals surface area contributed by atoms with Crippen molar-refractivity contribution in [3.63, 3.8) is 0 Å². The van der Waals surface area contributed by atoms with E-state index in [9.17, 15) is 0 Å².